The zero-order valence-corrected chi connectivity index (χ0v) is 13.7. The Morgan fingerprint density at radius 1 is 1.08 bits per heavy atom. The summed E-state index contributed by atoms with van der Waals surface area (Å²) in [6, 6.07) is 0. The molecular weight excluding hydrogens is 334 g/mol. The zero-order valence-electron chi connectivity index (χ0n) is 13.7. The molecule has 1 aromatic heterocycles. The third-order valence-corrected chi connectivity index (χ3v) is 3.90. The molecule has 2 aliphatic heterocycles. The summed E-state index contributed by atoms with van der Waals surface area (Å²) in [5, 5.41) is 10.0. The van der Waals surface area contributed by atoms with Gasteiger partial charge >= 0.3 is 17.1 Å². The maximum absolute atomic E-state index is 12.6. The average molecular weight is 355 g/mol. The Morgan fingerprint density at radius 2 is 1.56 bits per heavy atom. The third-order valence-electron chi connectivity index (χ3n) is 3.90. The van der Waals surface area contributed by atoms with Crippen molar-refractivity contribution in [3.63, 3.8) is 0 Å². The monoisotopic (exact) mass is 355 g/mol. The maximum atomic E-state index is 12.6. The quantitative estimate of drug-likeness (QED) is 0.281. The molecule has 0 radical (unpaired) electrons. The largest absolute Gasteiger partial charge is 0.389 e. The van der Waals surface area contributed by atoms with Gasteiger partial charge in [0.1, 0.15) is 0 Å². The lowest BCUT2D eigenvalue weighted by atomic mass is 10.3. The van der Waals surface area contributed by atoms with Crippen LogP contribution in [0.5, 0.6) is 0 Å². The van der Waals surface area contributed by atoms with E-state index in [1.807, 2.05) is 0 Å². The van der Waals surface area contributed by atoms with Crippen molar-refractivity contribution in [3.8, 4) is 0 Å². The number of hydrogen-bond acceptors (Lipinski definition) is 7. The van der Waals surface area contributed by atoms with Crippen molar-refractivity contribution in [1.82, 2.24) is 13.7 Å². The first-order valence-electron chi connectivity index (χ1n) is 8.05. The molecule has 0 spiro atoms. The number of aliphatic hydroxyl groups excluding tert-OH is 1. The van der Waals surface area contributed by atoms with Gasteiger partial charge in [-0.3, -0.25) is 0 Å². The predicted octanol–water partition coefficient (Wildman–Crippen LogP) is -2.47. The highest BCUT2D eigenvalue weighted by atomic mass is 16.6. The summed E-state index contributed by atoms with van der Waals surface area (Å²) in [5.41, 5.74) is -2.21. The molecule has 0 saturated carbocycles. The van der Waals surface area contributed by atoms with Crippen molar-refractivity contribution in [1.29, 1.82) is 0 Å². The van der Waals surface area contributed by atoms with Crippen molar-refractivity contribution in [2.24, 2.45) is 0 Å². The Bertz CT molecular complexity index is 749. The molecule has 25 heavy (non-hydrogen) atoms. The molecule has 1 aromatic rings. The summed E-state index contributed by atoms with van der Waals surface area (Å²) in [7, 11) is 0. The van der Waals surface area contributed by atoms with E-state index in [1.165, 1.54) is 6.08 Å². The van der Waals surface area contributed by atoms with Gasteiger partial charge in [-0.2, -0.15) is 0 Å². The van der Waals surface area contributed by atoms with Crippen LogP contribution in [0.1, 0.15) is 0 Å². The first-order valence-corrected chi connectivity index (χ1v) is 8.05. The lowest BCUT2D eigenvalue weighted by Crippen LogP contribution is -2.56. The molecule has 2 aliphatic rings. The van der Waals surface area contributed by atoms with Crippen LogP contribution < -0.4 is 17.1 Å². The second-order valence-corrected chi connectivity index (χ2v) is 6.07. The van der Waals surface area contributed by atoms with Gasteiger partial charge in [-0.15, -0.1) is 6.58 Å². The van der Waals surface area contributed by atoms with Crippen molar-refractivity contribution in [2.45, 2.75) is 37.9 Å². The van der Waals surface area contributed by atoms with Crippen LogP contribution in [0, 0.1) is 0 Å². The average Bonchev–Trinajstić information content (AvgIpc) is 3.48. The molecule has 2 saturated heterocycles. The highest BCUT2D eigenvalue weighted by molar-refractivity contribution is 4.85. The smallest absolute Gasteiger partial charge is 0.336 e. The number of aromatic nitrogens is 3. The summed E-state index contributed by atoms with van der Waals surface area (Å²) in [4.78, 5) is 37.6. The lowest BCUT2D eigenvalue weighted by Gasteiger charge is -2.15. The van der Waals surface area contributed by atoms with Gasteiger partial charge in [-0.25, -0.2) is 28.1 Å². The number of nitrogens with zero attached hydrogens (tertiary/aromatic N) is 3. The van der Waals surface area contributed by atoms with Crippen LogP contribution in [-0.2, 0) is 33.8 Å². The van der Waals surface area contributed by atoms with Gasteiger partial charge < -0.3 is 19.3 Å². The highest BCUT2D eigenvalue weighted by Gasteiger charge is 2.29. The first-order chi connectivity index (χ1) is 12.0. The van der Waals surface area contributed by atoms with E-state index in [1.54, 1.807) is 0 Å². The Hall–Kier alpha value is -2.01. The van der Waals surface area contributed by atoms with Crippen LogP contribution in [0.25, 0.3) is 0 Å². The van der Waals surface area contributed by atoms with Crippen LogP contribution in [0.4, 0.5) is 0 Å². The molecule has 2 fully saturated rings. The lowest BCUT2D eigenvalue weighted by molar-refractivity contribution is 0.0373. The zero-order chi connectivity index (χ0) is 18.0. The van der Waals surface area contributed by atoms with Crippen LogP contribution in [-0.4, -0.2) is 63.5 Å². The number of epoxide rings is 2. The van der Waals surface area contributed by atoms with E-state index in [-0.39, 0.29) is 45.1 Å². The van der Waals surface area contributed by atoms with E-state index >= 15 is 0 Å². The van der Waals surface area contributed by atoms with Crippen LogP contribution >= 0.6 is 0 Å². The topological polar surface area (TPSA) is 121 Å². The third kappa shape index (κ3) is 4.34. The van der Waals surface area contributed by atoms with Crippen molar-refractivity contribution in [3.05, 3.63) is 44.1 Å². The number of aliphatic hydroxyl groups is 1. The maximum Gasteiger partial charge on any atom is 0.336 e. The van der Waals surface area contributed by atoms with Gasteiger partial charge in [0.2, 0.25) is 0 Å². The highest BCUT2D eigenvalue weighted by Crippen LogP contribution is 2.10. The molecule has 10 nitrogen and oxygen atoms in total. The Labute approximate surface area is 142 Å². The summed E-state index contributed by atoms with van der Waals surface area (Å²) in [5.74, 6) is 0. The normalized spacial score (nSPS) is 22.6. The molecule has 138 valence electrons. The van der Waals surface area contributed by atoms with Gasteiger partial charge in [0.15, 0.2) is 0 Å². The fourth-order valence-electron chi connectivity index (χ4n) is 2.46. The van der Waals surface area contributed by atoms with E-state index < -0.39 is 23.2 Å². The standard InChI is InChI=1S/C15H21N3O7/c1-2-3-23-7-10(19)4-16-13(20)17(5-11-8-24-11)15(22)18(14(16)21)6-12-9-25-12/h2,10-12,19H,1,3-9H2. The van der Waals surface area contributed by atoms with E-state index in [4.69, 9.17) is 14.2 Å². The summed E-state index contributed by atoms with van der Waals surface area (Å²) in [6.45, 7) is 4.49. The van der Waals surface area contributed by atoms with Crippen LogP contribution in [0.15, 0.2) is 27.0 Å². The molecule has 3 heterocycles. The van der Waals surface area contributed by atoms with E-state index in [2.05, 4.69) is 6.58 Å². The molecular formula is C15H21N3O7. The summed E-state index contributed by atoms with van der Waals surface area (Å²) in [6.07, 6.45) is 0.0434. The minimum absolute atomic E-state index is 0.0610. The predicted molar refractivity (Wildman–Crippen MR) is 85.7 cm³/mol. The Balaban J connectivity index is 1.91. The molecule has 10 heteroatoms. The minimum Gasteiger partial charge on any atom is -0.389 e. The SMILES string of the molecule is C=CCOCC(O)Cn1c(=O)n(CC2CO2)c(=O)n(CC2CO2)c1=O. The second kappa shape index (κ2) is 7.48. The molecule has 3 rings (SSSR count). The minimum atomic E-state index is -1.07. The number of hydrogen-bond donors (Lipinski definition) is 1. The number of ether oxygens (including phenoxy) is 3. The van der Waals surface area contributed by atoms with Crippen LogP contribution in [0.3, 0.4) is 0 Å². The van der Waals surface area contributed by atoms with Crippen molar-refractivity contribution >= 4 is 0 Å². The van der Waals surface area contributed by atoms with Crippen LogP contribution in [0.2, 0.25) is 0 Å². The fraction of sp³-hybridized carbons (Fsp3) is 0.667. The summed E-state index contributed by atoms with van der Waals surface area (Å²) >= 11 is 0. The Kier molecular flexibility index (Phi) is 5.33. The van der Waals surface area contributed by atoms with Gasteiger partial charge in [-0.1, -0.05) is 6.08 Å². The molecule has 0 bridgehead atoms. The summed E-state index contributed by atoms with van der Waals surface area (Å²) < 4.78 is 18.1. The van der Waals surface area contributed by atoms with Crippen molar-refractivity contribution in [2.75, 3.05) is 26.4 Å². The molecule has 3 unspecified atom stereocenters. The molecule has 0 amide bonds. The van der Waals surface area contributed by atoms with E-state index in [0.717, 1.165) is 13.7 Å². The second-order valence-electron chi connectivity index (χ2n) is 6.07. The van der Waals surface area contributed by atoms with Gasteiger partial charge in [0.25, 0.3) is 0 Å². The molecule has 0 aliphatic carbocycles. The molecule has 1 N–H and O–H groups in total. The van der Waals surface area contributed by atoms with Gasteiger partial charge in [0, 0.05) is 0 Å². The van der Waals surface area contributed by atoms with E-state index in [0.29, 0.717) is 13.2 Å². The van der Waals surface area contributed by atoms with Crippen molar-refractivity contribution < 1.29 is 19.3 Å². The van der Waals surface area contributed by atoms with Gasteiger partial charge in [0.05, 0.1) is 64.4 Å². The fourth-order valence-corrected chi connectivity index (χ4v) is 2.46. The van der Waals surface area contributed by atoms with E-state index in [9.17, 15) is 19.5 Å². The first kappa shape index (κ1) is 17.8. The number of rotatable bonds is 10. The Morgan fingerprint density at radius 3 is 2.00 bits per heavy atom. The molecule has 3 atom stereocenters. The van der Waals surface area contributed by atoms with Gasteiger partial charge in [-0.05, 0) is 0 Å². The molecule has 0 aromatic carbocycles.